The number of carbonyl (C=O) groups is 1. The number of benzene rings is 2. The lowest BCUT2D eigenvalue weighted by molar-refractivity contribution is -0.387. The van der Waals surface area contributed by atoms with Crippen molar-refractivity contribution in [1.82, 2.24) is 14.8 Å². The van der Waals surface area contributed by atoms with Crippen LogP contribution in [0.4, 0.5) is 15.8 Å². The molecule has 1 amide bonds. The molecule has 1 heterocycles. The van der Waals surface area contributed by atoms with Crippen molar-refractivity contribution in [3.63, 3.8) is 0 Å². The first-order valence-corrected chi connectivity index (χ1v) is 9.18. The van der Waals surface area contributed by atoms with Crippen LogP contribution in [-0.4, -0.2) is 31.3 Å². The zero-order valence-corrected chi connectivity index (χ0v) is 15.9. The number of nitrogens with one attached hydrogen (secondary N) is 1. The van der Waals surface area contributed by atoms with E-state index in [9.17, 15) is 19.3 Å². The summed E-state index contributed by atoms with van der Waals surface area (Å²) in [6.07, 6.45) is 1.57. The number of thioether (sulfide) groups is 1. The van der Waals surface area contributed by atoms with Gasteiger partial charge in [-0.05, 0) is 37.6 Å². The molecule has 0 fully saturated rings. The van der Waals surface area contributed by atoms with Crippen LogP contribution in [0.25, 0.3) is 5.69 Å². The number of aryl methyl sites for hydroxylation is 2. The summed E-state index contributed by atoms with van der Waals surface area (Å²) in [6, 6.07) is 9.16. The van der Waals surface area contributed by atoms with Crippen molar-refractivity contribution in [1.29, 1.82) is 0 Å². The minimum absolute atomic E-state index is 0.00871. The summed E-state index contributed by atoms with van der Waals surface area (Å²) in [6.45, 7) is 3.98. The van der Waals surface area contributed by atoms with Crippen LogP contribution in [-0.2, 0) is 4.79 Å². The first-order chi connectivity index (χ1) is 13.3. The average Bonchev–Trinajstić information content (AvgIpc) is 3.09. The summed E-state index contributed by atoms with van der Waals surface area (Å²) < 4.78 is 15.2. The lowest BCUT2D eigenvalue weighted by Gasteiger charge is -2.10. The number of hydrogen-bond donors (Lipinski definition) is 1. The number of amides is 1. The van der Waals surface area contributed by atoms with E-state index < -0.39 is 22.3 Å². The number of rotatable bonds is 6. The summed E-state index contributed by atoms with van der Waals surface area (Å²) in [4.78, 5) is 22.1. The van der Waals surface area contributed by atoms with E-state index in [1.165, 1.54) is 17.8 Å². The van der Waals surface area contributed by atoms with Crippen molar-refractivity contribution in [2.24, 2.45) is 0 Å². The van der Waals surface area contributed by atoms with Crippen LogP contribution in [0.2, 0.25) is 0 Å². The molecule has 144 valence electrons. The molecule has 0 saturated heterocycles. The van der Waals surface area contributed by atoms with E-state index in [-0.39, 0.29) is 11.4 Å². The monoisotopic (exact) mass is 401 g/mol. The van der Waals surface area contributed by atoms with Crippen molar-refractivity contribution < 1.29 is 14.1 Å². The molecule has 0 aliphatic rings. The zero-order valence-electron chi connectivity index (χ0n) is 15.0. The molecule has 1 aromatic heterocycles. The minimum atomic E-state index is -0.959. The van der Waals surface area contributed by atoms with Crippen molar-refractivity contribution >= 4 is 29.0 Å². The van der Waals surface area contributed by atoms with E-state index >= 15 is 0 Å². The average molecular weight is 401 g/mol. The van der Waals surface area contributed by atoms with Gasteiger partial charge < -0.3 is 5.32 Å². The van der Waals surface area contributed by atoms with Crippen LogP contribution in [0.1, 0.15) is 11.1 Å². The van der Waals surface area contributed by atoms with E-state index in [1.54, 1.807) is 10.9 Å². The van der Waals surface area contributed by atoms with Crippen LogP contribution in [0, 0.1) is 29.8 Å². The fourth-order valence-electron chi connectivity index (χ4n) is 2.62. The summed E-state index contributed by atoms with van der Waals surface area (Å²) in [5, 5.41) is 21.8. The zero-order chi connectivity index (χ0) is 20.3. The van der Waals surface area contributed by atoms with Gasteiger partial charge in [-0.3, -0.25) is 19.5 Å². The van der Waals surface area contributed by atoms with E-state index in [2.05, 4.69) is 15.5 Å². The second kappa shape index (κ2) is 8.17. The smallest absolute Gasteiger partial charge is 0.306 e. The fourth-order valence-corrected chi connectivity index (χ4v) is 3.34. The molecule has 0 saturated carbocycles. The SMILES string of the molecule is Cc1ccc(-n2cnnc2SCC(=O)Nc2ccc(F)c([N+](=O)[O-])c2)c(C)c1. The lowest BCUT2D eigenvalue weighted by Crippen LogP contribution is -2.15. The molecule has 0 aliphatic carbocycles. The van der Waals surface area contributed by atoms with Gasteiger partial charge in [0.2, 0.25) is 11.7 Å². The molecule has 8 nitrogen and oxygen atoms in total. The van der Waals surface area contributed by atoms with Gasteiger partial charge in [0.1, 0.15) is 6.33 Å². The van der Waals surface area contributed by atoms with E-state index in [0.29, 0.717) is 5.16 Å². The van der Waals surface area contributed by atoms with Gasteiger partial charge in [0.15, 0.2) is 5.16 Å². The van der Waals surface area contributed by atoms with Gasteiger partial charge in [-0.25, -0.2) is 0 Å². The molecular weight excluding hydrogens is 385 g/mol. The largest absolute Gasteiger partial charge is 0.325 e. The van der Waals surface area contributed by atoms with E-state index in [1.807, 2.05) is 32.0 Å². The Labute approximate surface area is 163 Å². The molecule has 2 aromatic carbocycles. The lowest BCUT2D eigenvalue weighted by atomic mass is 10.1. The number of carbonyl (C=O) groups excluding carboxylic acids is 1. The summed E-state index contributed by atoms with van der Waals surface area (Å²) in [5.41, 5.74) is 2.54. The van der Waals surface area contributed by atoms with Crippen molar-refractivity contribution in [2.45, 2.75) is 19.0 Å². The van der Waals surface area contributed by atoms with Gasteiger partial charge in [0.05, 0.1) is 16.4 Å². The number of aromatic nitrogens is 3. The third kappa shape index (κ3) is 4.34. The summed E-state index contributed by atoms with van der Waals surface area (Å²) in [7, 11) is 0. The summed E-state index contributed by atoms with van der Waals surface area (Å²) >= 11 is 1.17. The third-order valence-electron chi connectivity index (χ3n) is 3.89. The van der Waals surface area contributed by atoms with E-state index in [0.717, 1.165) is 28.9 Å². The molecule has 3 rings (SSSR count). The second-order valence-corrected chi connectivity index (χ2v) is 6.98. The van der Waals surface area contributed by atoms with Gasteiger partial charge in [0.25, 0.3) is 0 Å². The maximum atomic E-state index is 13.4. The Morgan fingerprint density at radius 3 is 2.79 bits per heavy atom. The Morgan fingerprint density at radius 2 is 2.07 bits per heavy atom. The molecule has 0 radical (unpaired) electrons. The highest BCUT2D eigenvalue weighted by Gasteiger charge is 2.16. The maximum absolute atomic E-state index is 13.4. The van der Waals surface area contributed by atoms with Crippen molar-refractivity contribution in [3.05, 3.63) is 69.8 Å². The number of nitrogens with zero attached hydrogens (tertiary/aromatic N) is 4. The third-order valence-corrected chi connectivity index (χ3v) is 4.83. The Morgan fingerprint density at radius 1 is 1.29 bits per heavy atom. The Balaban J connectivity index is 1.69. The Bertz CT molecular complexity index is 1050. The van der Waals surface area contributed by atoms with E-state index in [4.69, 9.17) is 0 Å². The number of nitro groups is 1. The standard InChI is InChI=1S/C18H16FN5O3S/c1-11-3-6-15(12(2)7-11)23-10-20-22-18(23)28-9-17(25)21-13-4-5-14(19)16(8-13)24(26)27/h3-8,10H,9H2,1-2H3,(H,21,25). The molecule has 0 atom stereocenters. The maximum Gasteiger partial charge on any atom is 0.306 e. The van der Waals surface area contributed by atoms with Crippen molar-refractivity contribution in [2.75, 3.05) is 11.1 Å². The number of hydrogen-bond acceptors (Lipinski definition) is 6. The molecule has 10 heteroatoms. The summed E-state index contributed by atoms with van der Waals surface area (Å²) in [5.74, 6) is -1.35. The fraction of sp³-hybridized carbons (Fsp3) is 0.167. The molecule has 0 spiro atoms. The first kappa shape index (κ1) is 19.5. The first-order valence-electron chi connectivity index (χ1n) is 8.19. The van der Waals surface area contributed by atoms with Gasteiger partial charge in [-0.2, -0.15) is 4.39 Å². The van der Waals surface area contributed by atoms with Crippen LogP contribution < -0.4 is 5.32 Å². The quantitative estimate of drug-likeness (QED) is 0.384. The Kier molecular flexibility index (Phi) is 5.69. The van der Waals surface area contributed by atoms with Crippen LogP contribution in [0.15, 0.2) is 47.9 Å². The van der Waals surface area contributed by atoms with Crippen LogP contribution in [0.3, 0.4) is 0 Å². The molecule has 0 bridgehead atoms. The number of nitro benzene ring substituents is 1. The molecule has 0 aliphatic heterocycles. The molecule has 3 aromatic rings. The van der Waals surface area contributed by atoms with Gasteiger partial charge in [-0.15, -0.1) is 10.2 Å². The highest BCUT2D eigenvalue weighted by Crippen LogP contribution is 2.24. The normalized spacial score (nSPS) is 10.7. The Hall–Kier alpha value is -3.27. The highest BCUT2D eigenvalue weighted by atomic mass is 32.2. The molecule has 28 heavy (non-hydrogen) atoms. The van der Waals surface area contributed by atoms with Crippen LogP contribution in [0.5, 0.6) is 0 Å². The van der Waals surface area contributed by atoms with Gasteiger partial charge >= 0.3 is 5.69 Å². The predicted octanol–water partition coefficient (Wildman–Crippen LogP) is 3.66. The topological polar surface area (TPSA) is 103 Å². The van der Waals surface area contributed by atoms with Gasteiger partial charge in [-0.1, -0.05) is 29.5 Å². The molecular formula is C18H16FN5O3S. The number of halogens is 1. The minimum Gasteiger partial charge on any atom is -0.325 e. The van der Waals surface area contributed by atoms with Gasteiger partial charge in [0, 0.05) is 11.8 Å². The predicted molar refractivity (Wildman–Crippen MR) is 103 cm³/mol. The van der Waals surface area contributed by atoms with Crippen LogP contribution >= 0.6 is 11.8 Å². The highest BCUT2D eigenvalue weighted by molar-refractivity contribution is 7.99. The van der Waals surface area contributed by atoms with Crippen molar-refractivity contribution in [3.8, 4) is 5.69 Å². The second-order valence-electron chi connectivity index (χ2n) is 6.03. The number of anilines is 1. The molecule has 0 unspecified atom stereocenters. The molecule has 1 N–H and O–H groups in total.